The van der Waals surface area contributed by atoms with Crippen LogP contribution >= 0.6 is 7.82 Å². The van der Waals surface area contributed by atoms with E-state index in [1.807, 2.05) is 0 Å². The van der Waals surface area contributed by atoms with Crippen molar-refractivity contribution in [1.29, 1.82) is 0 Å². The average Bonchev–Trinajstić information content (AvgIpc) is 2.11. The first-order chi connectivity index (χ1) is 4.93. The molecule has 3 heterocycles. The van der Waals surface area contributed by atoms with E-state index in [0.29, 0.717) is 0 Å². The summed E-state index contributed by atoms with van der Waals surface area (Å²) >= 11 is 0. The van der Waals surface area contributed by atoms with E-state index in [9.17, 15) is 9.67 Å². The molecule has 2 N–H and O–H groups in total. The Labute approximate surface area is 62.3 Å². The third-order valence-electron chi connectivity index (χ3n) is 1.71. The maximum atomic E-state index is 10.9. The molecule has 0 aromatic heterocycles. The minimum atomic E-state index is -3.60. The van der Waals surface area contributed by atoms with E-state index < -0.39 is 19.6 Å². The second-order valence-electron chi connectivity index (χ2n) is 2.44. The van der Waals surface area contributed by atoms with Gasteiger partial charge in [-0.3, -0.25) is 0 Å². The van der Waals surface area contributed by atoms with Crippen molar-refractivity contribution in [2.45, 2.75) is 25.1 Å². The molecule has 7 heteroatoms. The predicted molar refractivity (Wildman–Crippen MR) is 31.1 cm³/mol. The lowest BCUT2D eigenvalue weighted by Crippen LogP contribution is -2.53. The lowest BCUT2D eigenvalue weighted by molar-refractivity contribution is -0.393. The van der Waals surface area contributed by atoms with E-state index in [-0.39, 0.29) is 6.42 Å². The van der Waals surface area contributed by atoms with E-state index in [0.717, 1.165) is 0 Å². The Hall–Kier alpha value is 0.0300. The van der Waals surface area contributed by atoms with E-state index in [2.05, 4.69) is 13.6 Å². The van der Waals surface area contributed by atoms with Gasteiger partial charge in [0.1, 0.15) is 0 Å². The zero-order valence-corrected chi connectivity index (χ0v) is 6.58. The van der Waals surface area contributed by atoms with Gasteiger partial charge in [-0.05, 0) is 0 Å². The van der Waals surface area contributed by atoms with Gasteiger partial charge in [0, 0.05) is 6.42 Å². The molecule has 3 fully saturated rings. The summed E-state index contributed by atoms with van der Waals surface area (Å²) in [5, 5.41) is 18.5. The zero-order valence-electron chi connectivity index (χ0n) is 5.68. The van der Waals surface area contributed by atoms with Gasteiger partial charge in [0.15, 0.2) is 0 Å². The van der Waals surface area contributed by atoms with Gasteiger partial charge in [-0.25, -0.2) is 18.1 Å². The fourth-order valence-electron chi connectivity index (χ4n) is 1.02. The molecule has 3 aliphatic heterocycles. The van der Waals surface area contributed by atoms with Crippen LogP contribution in [0.3, 0.4) is 0 Å². The van der Waals surface area contributed by atoms with Crippen LogP contribution in [0.2, 0.25) is 0 Å². The standard InChI is InChI=1S/C4H7O6P/c1-2-3(5)4(6)9-11(7,8-3)10-4/h5-6H,2H2,1H3. The summed E-state index contributed by atoms with van der Waals surface area (Å²) in [6.45, 7) is 1.54. The van der Waals surface area contributed by atoms with Gasteiger partial charge in [-0.15, -0.1) is 0 Å². The molecular weight excluding hydrogens is 175 g/mol. The lowest BCUT2D eigenvalue weighted by Gasteiger charge is -2.32. The number of rotatable bonds is 1. The Balaban J connectivity index is 2.36. The van der Waals surface area contributed by atoms with Crippen molar-refractivity contribution in [2.75, 3.05) is 0 Å². The number of aliphatic hydroxyl groups is 2. The SMILES string of the molecule is CCC1(O)OP2(=O)OC1(O)O2. The topological polar surface area (TPSA) is 85.2 Å². The van der Waals surface area contributed by atoms with Crippen molar-refractivity contribution in [1.82, 2.24) is 0 Å². The highest BCUT2D eigenvalue weighted by Gasteiger charge is 2.79. The van der Waals surface area contributed by atoms with Crippen molar-refractivity contribution in [3.63, 3.8) is 0 Å². The normalized spacial score (nSPS) is 61.0. The van der Waals surface area contributed by atoms with Crippen LogP contribution in [0.4, 0.5) is 0 Å². The van der Waals surface area contributed by atoms with Crippen molar-refractivity contribution in [2.24, 2.45) is 0 Å². The molecule has 0 aromatic carbocycles. The number of phosphoric acid groups is 1. The molecule has 11 heavy (non-hydrogen) atoms. The summed E-state index contributed by atoms with van der Waals surface area (Å²) in [5.74, 6) is -4.21. The van der Waals surface area contributed by atoms with Gasteiger partial charge < -0.3 is 10.2 Å². The van der Waals surface area contributed by atoms with Gasteiger partial charge >= 0.3 is 13.8 Å². The van der Waals surface area contributed by atoms with Crippen LogP contribution in [0.5, 0.6) is 0 Å². The molecule has 0 saturated carbocycles. The van der Waals surface area contributed by atoms with Crippen LogP contribution in [0.15, 0.2) is 0 Å². The highest BCUT2D eigenvalue weighted by atomic mass is 31.2. The molecular formula is C4H7O6P. The summed E-state index contributed by atoms with van der Waals surface area (Å²) in [4.78, 5) is 0. The first kappa shape index (κ1) is 7.67. The fourth-order valence-corrected chi connectivity index (χ4v) is 2.61. The van der Waals surface area contributed by atoms with Gasteiger partial charge in [0.2, 0.25) is 0 Å². The van der Waals surface area contributed by atoms with Crippen LogP contribution < -0.4 is 0 Å². The monoisotopic (exact) mass is 182 g/mol. The Morgan fingerprint density at radius 2 is 1.91 bits per heavy atom. The van der Waals surface area contributed by atoms with Gasteiger partial charge in [0.25, 0.3) is 5.79 Å². The lowest BCUT2D eigenvalue weighted by atomic mass is 10.2. The van der Waals surface area contributed by atoms with Crippen LogP contribution in [-0.4, -0.2) is 22.0 Å². The van der Waals surface area contributed by atoms with Crippen molar-refractivity contribution in [3.8, 4) is 0 Å². The van der Waals surface area contributed by atoms with Crippen LogP contribution in [-0.2, 0) is 18.1 Å². The minimum absolute atomic E-state index is 0.0352. The van der Waals surface area contributed by atoms with Crippen molar-refractivity contribution < 1.29 is 28.3 Å². The number of fused-ring (bicyclic) bond motifs is 1. The van der Waals surface area contributed by atoms with Crippen LogP contribution in [0.25, 0.3) is 0 Å². The summed E-state index contributed by atoms with van der Waals surface area (Å²) in [5.41, 5.74) is 0. The molecule has 0 aromatic rings. The molecule has 6 nitrogen and oxygen atoms in total. The van der Waals surface area contributed by atoms with Gasteiger partial charge in [-0.1, -0.05) is 6.92 Å². The summed E-state index contributed by atoms with van der Waals surface area (Å²) in [6.07, 6.45) is 0.0352. The third-order valence-corrected chi connectivity index (χ3v) is 3.17. The highest BCUT2D eigenvalue weighted by Crippen LogP contribution is 2.76. The molecule has 3 aliphatic rings. The molecule has 0 aliphatic carbocycles. The summed E-state index contributed by atoms with van der Waals surface area (Å²) < 4.78 is 24.0. The largest absolute Gasteiger partial charge is 0.486 e. The van der Waals surface area contributed by atoms with Gasteiger partial charge in [0.05, 0.1) is 0 Å². The molecule has 1 unspecified atom stereocenters. The number of hydrogen-bond acceptors (Lipinski definition) is 6. The smallest absolute Gasteiger partial charge is 0.359 e. The number of hydrogen-bond donors (Lipinski definition) is 2. The molecule has 3 rings (SSSR count). The van der Waals surface area contributed by atoms with Gasteiger partial charge in [-0.2, -0.15) is 0 Å². The summed E-state index contributed by atoms with van der Waals surface area (Å²) in [6, 6.07) is 0. The molecule has 64 valence electrons. The molecule has 3 saturated heterocycles. The molecule has 1 atom stereocenters. The molecule has 0 spiro atoms. The Kier molecular flexibility index (Phi) is 1.17. The fraction of sp³-hybridized carbons (Fsp3) is 1.00. The highest BCUT2D eigenvalue weighted by molar-refractivity contribution is 7.50. The maximum absolute atomic E-state index is 10.9. The van der Waals surface area contributed by atoms with E-state index >= 15 is 0 Å². The van der Waals surface area contributed by atoms with E-state index in [1.54, 1.807) is 6.92 Å². The third kappa shape index (κ3) is 0.717. The van der Waals surface area contributed by atoms with Crippen molar-refractivity contribution >= 4 is 7.82 Å². The predicted octanol–water partition coefficient (Wildman–Crippen LogP) is -0.0838. The van der Waals surface area contributed by atoms with Crippen molar-refractivity contribution in [3.05, 3.63) is 0 Å². The molecule has 0 amide bonds. The minimum Gasteiger partial charge on any atom is -0.359 e. The molecule has 2 bridgehead atoms. The first-order valence-corrected chi connectivity index (χ1v) is 4.56. The van der Waals surface area contributed by atoms with E-state index in [4.69, 9.17) is 5.11 Å². The Morgan fingerprint density at radius 3 is 2.09 bits per heavy atom. The molecule has 0 radical (unpaired) electrons. The van der Waals surface area contributed by atoms with Crippen LogP contribution in [0.1, 0.15) is 13.3 Å². The zero-order chi connectivity index (χ0) is 8.33. The Morgan fingerprint density at radius 1 is 1.36 bits per heavy atom. The van der Waals surface area contributed by atoms with Crippen LogP contribution in [0, 0.1) is 0 Å². The average molecular weight is 182 g/mol. The maximum Gasteiger partial charge on any atom is 0.486 e. The number of phosphoric ester groups is 1. The first-order valence-electron chi connectivity index (χ1n) is 3.10. The Bertz CT molecular complexity index is 241. The second-order valence-corrected chi connectivity index (χ2v) is 3.88. The quantitative estimate of drug-likeness (QED) is 0.551. The second kappa shape index (κ2) is 1.69. The summed E-state index contributed by atoms with van der Waals surface area (Å²) in [7, 11) is -3.60. The van der Waals surface area contributed by atoms with E-state index in [1.165, 1.54) is 0 Å².